The standard InChI is InChI=1S/C20H33N4O5P.C17H24N2O6/c1-7-16-17(11-18(28-16)23-12-15(6)19(25)22-20(23)26)29-30(27-10-8-9-21)24(13(2)3)14(4)5;1-4-11(20)6-7-15(21)25-13-8-14(24-12(13)5-2)19-9-10(3)16(22)18-17(19)23/h12-14,16-18H,7-8,10-11H2,1-6H3,(H,22,25,26);9,12-14H,4-8H2,1-3H3,(H,18,22,23)/t16-,17?,18-,30?;12-,13?,14-/m11/s1. The van der Waals surface area contributed by atoms with Crippen LogP contribution in [0.1, 0.15) is 123 Å². The molecule has 18 heteroatoms. The largest absolute Gasteiger partial charge is 0.459 e. The van der Waals surface area contributed by atoms with Crippen molar-refractivity contribution in [2.45, 2.75) is 163 Å². The Morgan fingerprint density at radius 2 is 1.36 bits per heavy atom. The SMILES string of the molecule is CCC(=O)CCC(=O)OC1C[C@H](n2cc(C)c(=O)[nH]c2=O)O[C@@H]1CC.CC[C@H]1O[C@@H](n2cc(C)c(=O)[nH]c2=O)CC1OP(OCCC#N)N(C(C)C)C(C)C. The third-order valence-electron chi connectivity index (χ3n) is 9.25. The molecule has 2 aliphatic rings. The Kier molecular flexibility index (Phi) is 17.8. The zero-order chi connectivity index (χ0) is 41.0. The highest BCUT2D eigenvalue weighted by Gasteiger charge is 2.41. The summed E-state index contributed by atoms with van der Waals surface area (Å²) in [6.07, 6.45) is 3.55. The number of hydrogen-bond donors (Lipinski definition) is 2. The number of carbonyl (C=O) groups excluding carboxylic acids is 2. The highest BCUT2D eigenvalue weighted by atomic mass is 31.2. The van der Waals surface area contributed by atoms with E-state index in [1.165, 1.54) is 21.5 Å². The quantitative estimate of drug-likeness (QED) is 0.129. The molecule has 2 aliphatic heterocycles. The lowest BCUT2D eigenvalue weighted by atomic mass is 10.1. The highest BCUT2D eigenvalue weighted by molar-refractivity contribution is 7.44. The van der Waals surface area contributed by atoms with Gasteiger partial charge in [0.15, 0.2) is 0 Å². The molecule has 2 saturated heterocycles. The van der Waals surface area contributed by atoms with Gasteiger partial charge in [0.1, 0.15) is 24.3 Å². The van der Waals surface area contributed by atoms with E-state index in [4.69, 9.17) is 28.5 Å². The molecule has 17 nitrogen and oxygen atoms in total. The Bertz CT molecular complexity index is 1860. The van der Waals surface area contributed by atoms with Gasteiger partial charge >= 0.3 is 17.3 Å². The molecule has 4 heterocycles. The molecule has 2 fully saturated rings. The minimum atomic E-state index is -1.41. The average molecular weight is 793 g/mol. The molecule has 2 aromatic rings. The van der Waals surface area contributed by atoms with E-state index >= 15 is 0 Å². The summed E-state index contributed by atoms with van der Waals surface area (Å²) in [5.74, 6) is -0.431. The van der Waals surface area contributed by atoms with E-state index in [-0.39, 0.29) is 49.0 Å². The lowest BCUT2D eigenvalue weighted by Gasteiger charge is -2.37. The summed E-state index contributed by atoms with van der Waals surface area (Å²) >= 11 is 0. The van der Waals surface area contributed by atoms with Crippen molar-refractivity contribution >= 4 is 20.3 Å². The van der Waals surface area contributed by atoms with Gasteiger partial charge in [-0.05, 0) is 54.4 Å². The van der Waals surface area contributed by atoms with E-state index in [1.807, 2.05) is 13.8 Å². The van der Waals surface area contributed by atoms with Gasteiger partial charge in [0.25, 0.3) is 19.6 Å². The van der Waals surface area contributed by atoms with Gasteiger partial charge in [-0.3, -0.25) is 38.3 Å². The number of ether oxygens (including phenoxy) is 3. The molecule has 0 amide bonds. The number of rotatable bonds is 17. The first-order chi connectivity index (χ1) is 26.0. The van der Waals surface area contributed by atoms with Crippen LogP contribution in [-0.4, -0.2) is 78.6 Å². The van der Waals surface area contributed by atoms with Crippen molar-refractivity contribution in [3.05, 3.63) is 65.2 Å². The average Bonchev–Trinajstić information content (AvgIpc) is 3.73. The molecule has 0 saturated carbocycles. The normalized spacial score (nSPS) is 22.7. The molecule has 0 bridgehead atoms. The molecule has 3 unspecified atom stereocenters. The van der Waals surface area contributed by atoms with Crippen molar-refractivity contribution in [3.63, 3.8) is 0 Å². The van der Waals surface area contributed by atoms with E-state index in [2.05, 4.69) is 48.4 Å². The van der Waals surface area contributed by atoms with Gasteiger partial charge in [-0.1, -0.05) is 20.8 Å². The number of carbonyl (C=O) groups is 2. The fourth-order valence-electron chi connectivity index (χ4n) is 6.36. The Hall–Kier alpha value is -3.78. The van der Waals surface area contributed by atoms with Crippen molar-refractivity contribution < 1.29 is 32.8 Å². The third-order valence-corrected chi connectivity index (χ3v) is 11.4. The Labute approximate surface area is 322 Å². The van der Waals surface area contributed by atoms with Crippen LogP contribution in [0.2, 0.25) is 0 Å². The van der Waals surface area contributed by atoms with Crippen molar-refractivity contribution in [2.24, 2.45) is 0 Å². The number of ketones is 1. The molecule has 55 heavy (non-hydrogen) atoms. The molecule has 2 N–H and O–H groups in total. The second-order valence-electron chi connectivity index (χ2n) is 14.1. The third kappa shape index (κ3) is 12.6. The van der Waals surface area contributed by atoms with Crippen LogP contribution in [-0.2, 0) is 32.8 Å². The summed E-state index contributed by atoms with van der Waals surface area (Å²) in [5.41, 5.74) is -1.04. The molecule has 4 rings (SSSR count). The van der Waals surface area contributed by atoms with Crippen LogP contribution in [0.3, 0.4) is 0 Å². The van der Waals surface area contributed by atoms with Crippen molar-refractivity contribution in [1.82, 2.24) is 23.8 Å². The van der Waals surface area contributed by atoms with Crippen LogP contribution in [0.15, 0.2) is 31.6 Å². The van der Waals surface area contributed by atoms with E-state index in [1.54, 1.807) is 20.8 Å². The molecule has 7 atom stereocenters. The first-order valence-electron chi connectivity index (χ1n) is 19.0. The zero-order valence-electron chi connectivity index (χ0n) is 33.4. The fourth-order valence-corrected chi connectivity index (χ4v) is 8.12. The van der Waals surface area contributed by atoms with Gasteiger partial charge in [0.05, 0.1) is 43.8 Å². The Balaban J connectivity index is 0.000000300. The number of aromatic nitrogens is 4. The summed E-state index contributed by atoms with van der Waals surface area (Å²) < 4.78 is 34.7. The molecule has 2 aromatic heterocycles. The van der Waals surface area contributed by atoms with Crippen LogP contribution in [0, 0.1) is 25.2 Å². The lowest BCUT2D eigenvalue weighted by Crippen LogP contribution is -2.35. The van der Waals surface area contributed by atoms with E-state index in [0.29, 0.717) is 56.3 Å². The zero-order valence-corrected chi connectivity index (χ0v) is 34.3. The van der Waals surface area contributed by atoms with Crippen molar-refractivity contribution in [3.8, 4) is 6.07 Å². The molecule has 0 spiro atoms. The summed E-state index contributed by atoms with van der Waals surface area (Å²) in [4.78, 5) is 75.3. The summed E-state index contributed by atoms with van der Waals surface area (Å²) in [5, 5.41) is 8.87. The van der Waals surface area contributed by atoms with Gasteiger partial charge < -0.3 is 23.3 Å². The minimum absolute atomic E-state index is 0.0137. The summed E-state index contributed by atoms with van der Waals surface area (Å²) in [6.45, 7) is 17.5. The van der Waals surface area contributed by atoms with Crippen LogP contribution in [0.25, 0.3) is 0 Å². The van der Waals surface area contributed by atoms with Crippen LogP contribution in [0.5, 0.6) is 0 Å². The monoisotopic (exact) mass is 792 g/mol. The number of esters is 1. The second-order valence-corrected chi connectivity index (χ2v) is 15.5. The number of aromatic amines is 2. The Morgan fingerprint density at radius 3 is 1.82 bits per heavy atom. The fraction of sp³-hybridized carbons (Fsp3) is 0.703. The van der Waals surface area contributed by atoms with Crippen LogP contribution >= 0.6 is 8.53 Å². The molecule has 306 valence electrons. The van der Waals surface area contributed by atoms with E-state index < -0.39 is 55.6 Å². The molecule has 0 aliphatic carbocycles. The van der Waals surface area contributed by atoms with Crippen LogP contribution in [0.4, 0.5) is 0 Å². The maximum absolute atomic E-state index is 12.3. The predicted molar refractivity (Wildman–Crippen MR) is 204 cm³/mol. The van der Waals surface area contributed by atoms with Gasteiger partial charge in [0, 0.05) is 61.3 Å². The molecular weight excluding hydrogens is 735 g/mol. The number of hydrogen-bond acceptors (Lipinski definition) is 13. The summed E-state index contributed by atoms with van der Waals surface area (Å²) in [6, 6.07) is 2.49. The first kappa shape index (κ1) is 45.6. The smallest absolute Gasteiger partial charge is 0.330 e. The van der Waals surface area contributed by atoms with E-state index in [9.17, 15) is 28.8 Å². The Morgan fingerprint density at radius 1 is 0.873 bits per heavy atom. The number of nitrogens with one attached hydrogen (secondary N) is 2. The number of aryl methyl sites for hydroxylation is 2. The predicted octanol–water partition coefficient (Wildman–Crippen LogP) is 4.42. The lowest BCUT2D eigenvalue weighted by molar-refractivity contribution is -0.152. The molecule has 0 aromatic carbocycles. The molecule has 0 radical (unpaired) electrons. The number of Topliss-reactive ketones (excluding diaryl/α,β-unsaturated/α-hetero) is 1. The topological polar surface area (TPSA) is 217 Å². The highest BCUT2D eigenvalue weighted by Crippen LogP contribution is 2.50. The second kappa shape index (κ2) is 21.5. The molecular formula is C37H57N6O11P. The number of nitrogens with zero attached hydrogens (tertiary/aromatic N) is 4. The van der Waals surface area contributed by atoms with Gasteiger partial charge in [-0.15, -0.1) is 0 Å². The number of H-pyrrole nitrogens is 2. The van der Waals surface area contributed by atoms with E-state index in [0.717, 1.165) is 0 Å². The first-order valence-corrected chi connectivity index (χ1v) is 20.1. The minimum Gasteiger partial charge on any atom is -0.459 e. The maximum Gasteiger partial charge on any atom is 0.330 e. The van der Waals surface area contributed by atoms with Gasteiger partial charge in [0.2, 0.25) is 0 Å². The van der Waals surface area contributed by atoms with Crippen LogP contribution < -0.4 is 22.5 Å². The van der Waals surface area contributed by atoms with Gasteiger partial charge in [-0.2, -0.15) is 5.26 Å². The number of nitriles is 1. The van der Waals surface area contributed by atoms with Gasteiger partial charge in [-0.25, -0.2) is 14.3 Å². The maximum atomic E-state index is 12.3. The van der Waals surface area contributed by atoms with Crippen molar-refractivity contribution in [1.29, 1.82) is 5.26 Å². The van der Waals surface area contributed by atoms with Crippen molar-refractivity contribution in [2.75, 3.05) is 6.61 Å². The summed E-state index contributed by atoms with van der Waals surface area (Å²) in [7, 11) is -1.41.